The number of methoxy groups -OCH3 is 2. The summed E-state index contributed by atoms with van der Waals surface area (Å²) in [7, 11) is 3.18. The van der Waals surface area contributed by atoms with Gasteiger partial charge >= 0.3 is 0 Å². The minimum Gasteiger partial charge on any atom is -0.497 e. The fourth-order valence-electron chi connectivity index (χ4n) is 3.12. The van der Waals surface area contributed by atoms with Crippen LogP contribution in [0, 0.1) is 0 Å². The maximum atomic E-state index is 13.0. The molecule has 0 unspecified atom stereocenters. The predicted molar refractivity (Wildman–Crippen MR) is 112 cm³/mol. The van der Waals surface area contributed by atoms with E-state index in [0.717, 1.165) is 11.3 Å². The van der Waals surface area contributed by atoms with Gasteiger partial charge in [-0.2, -0.15) is 5.10 Å². The van der Waals surface area contributed by atoms with Gasteiger partial charge in [-0.15, -0.1) is 0 Å². The molecule has 7 heteroatoms. The number of hydrogen-bond donors (Lipinski definition) is 1. The van der Waals surface area contributed by atoms with Crippen LogP contribution in [0.5, 0.6) is 11.5 Å². The largest absolute Gasteiger partial charge is 0.497 e. The molecule has 0 aliphatic carbocycles. The third kappa shape index (κ3) is 3.91. The van der Waals surface area contributed by atoms with Crippen LogP contribution in [0.2, 0.25) is 0 Å². The van der Waals surface area contributed by atoms with E-state index in [2.05, 4.69) is 10.4 Å². The van der Waals surface area contributed by atoms with Crippen molar-refractivity contribution in [3.8, 4) is 28.6 Å². The highest BCUT2D eigenvalue weighted by Crippen LogP contribution is 2.25. The number of aromatic nitrogens is 2. The van der Waals surface area contributed by atoms with Gasteiger partial charge in [-0.25, -0.2) is 4.68 Å². The van der Waals surface area contributed by atoms with Crippen molar-refractivity contribution in [2.75, 3.05) is 14.2 Å². The topological polar surface area (TPSA) is 78.5 Å². The number of benzene rings is 2. The molecule has 1 amide bonds. The second-order valence-electron chi connectivity index (χ2n) is 6.50. The lowest BCUT2D eigenvalue weighted by Crippen LogP contribution is -2.25. The summed E-state index contributed by atoms with van der Waals surface area (Å²) in [6, 6.07) is 20.3. The SMILES string of the molecule is COc1ccc(CNC(=O)c2cc(-c3ccco3)nn2-c2ccccc2)c(OC)c1. The van der Waals surface area contributed by atoms with E-state index in [9.17, 15) is 4.79 Å². The van der Waals surface area contributed by atoms with Crippen LogP contribution >= 0.6 is 0 Å². The van der Waals surface area contributed by atoms with Crippen molar-refractivity contribution in [2.24, 2.45) is 0 Å². The third-order valence-electron chi connectivity index (χ3n) is 4.65. The highest BCUT2D eigenvalue weighted by atomic mass is 16.5. The predicted octanol–water partition coefficient (Wildman–Crippen LogP) is 4.08. The van der Waals surface area contributed by atoms with Crippen molar-refractivity contribution < 1.29 is 18.7 Å². The zero-order valence-electron chi connectivity index (χ0n) is 16.7. The minimum atomic E-state index is -0.262. The van der Waals surface area contributed by atoms with Gasteiger partial charge in [0, 0.05) is 24.2 Å². The summed E-state index contributed by atoms with van der Waals surface area (Å²) in [5.41, 5.74) is 2.60. The number of nitrogens with zero attached hydrogens (tertiary/aromatic N) is 2. The Morgan fingerprint density at radius 2 is 1.87 bits per heavy atom. The molecule has 30 heavy (non-hydrogen) atoms. The molecule has 0 fully saturated rings. The van der Waals surface area contributed by atoms with Gasteiger partial charge in [-0.05, 0) is 36.4 Å². The van der Waals surface area contributed by atoms with Crippen LogP contribution in [0.15, 0.2) is 77.4 Å². The molecule has 0 bridgehead atoms. The van der Waals surface area contributed by atoms with E-state index in [-0.39, 0.29) is 5.91 Å². The number of amides is 1. The fraction of sp³-hybridized carbons (Fsp3) is 0.130. The lowest BCUT2D eigenvalue weighted by atomic mass is 10.2. The standard InChI is InChI=1S/C23H21N3O4/c1-28-18-11-10-16(22(13-18)29-2)15-24-23(27)20-14-19(21-9-6-12-30-21)25-26(20)17-7-4-3-5-8-17/h3-14H,15H2,1-2H3,(H,24,27). The summed E-state index contributed by atoms with van der Waals surface area (Å²) in [6.07, 6.45) is 1.58. The van der Waals surface area contributed by atoms with Gasteiger partial charge in [-0.1, -0.05) is 18.2 Å². The number of furan rings is 1. The number of carbonyl (C=O) groups is 1. The third-order valence-corrected chi connectivity index (χ3v) is 4.65. The van der Waals surface area contributed by atoms with Crippen LogP contribution in [0.4, 0.5) is 0 Å². The molecule has 152 valence electrons. The first kappa shape index (κ1) is 19.3. The Bertz CT molecular complexity index is 1130. The highest BCUT2D eigenvalue weighted by molar-refractivity contribution is 5.94. The molecule has 4 aromatic rings. The van der Waals surface area contributed by atoms with Crippen LogP contribution in [0.3, 0.4) is 0 Å². The summed E-state index contributed by atoms with van der Waals surface area (Å²) in [6.45, 7) is 0.294. The fourth-order valence-corrected chi connectivity index (χ4v) is 3.12. The maximum Gasteiger partial charge on any atom is 0.270 e. The van der Waals surface area contributed by atoms with Gasteiger partial charge in [-0.3, -0.25) is 4.79 Å². The molecule has 0 atom stereocenters. The highest BCUT2D eigenvalue weighted by Gasteiger charge is 2.19. The van der Waals surface area contributed by atoms with Gasteiger partial charge in [0.15, 0.2) is 5.76 Å². The van der Waals surface area contributed by atoms with E-state index in [0.29, 0.717) is 35.2 Å². The molecule has 0 aliphatic heterocycles. The lowest BCUT2D eigenvalue weighted by molar-refractivity contribution is 0.0943. The molecule has 1 N–H and O–H groups in total. The molecular formula is C23H21N3O4. The summed E-state index contributed by atoms with van der Waals surface area (Å²) in [5.74, 6) is 1.66. The van der Waals surface area contributed by atoms with E-state index < -0.39 is 0 Å². The van der Waals surface area contributed by atoms with Crippen LogP contribution in [-0.4, -0.2) is 29.9 Å². The molecule has 2 aromatic carbocycles. The summed E-state index contributed by atoms with van der Waals surface area (Å²) < 4.78 is 17.7. The monoisotopic (exact) mass is 403 g/mol. The Labute approximate surface area is 173 Å². The Balaban J connectivity index is 1.62. The van der Waals surface area contributed by atoms with Gasteiger partial charge in [0.25, 0.3) is 5.91 Å². The van der Waals surface area contributed by atoms with Crippen molar-refractivity contribution in [3.63, 3.8) is 0 Å². The van der Waals surface area contributed by atoms with Gasteiger partial charge in [0.2, 0.25) is 0 Å². The number of rotatable bonds is 7. The van der Waals surface area contributed by atoms with Crippen LogP contribution in [-0.2, 0) is 6.54 Å². The Morgan fingerprint density at radius 1 is 1.03 bits per heavy atom. The van der Waals surface area contributed by atoms with Gasteiger partial charge < -0.3 is 19.2 Å². The van der Waals surface area contributed by atoms with Crippen molar-refractivity contribution in [3.05, 3.63) is 84.3 Å². The molecular weight excluding hydrogens is 382 g/mol. The summed E-state index contributed by atoms with van der Waals surface area (Å²) in [5, 5.41) is 7.52. The van der Waals surface area contributed by atoms with E-state index in [1.165, 1.54) is 0 Å². The molecule has 4 rings (SSSR count). The lowest BCUT2D eigenvalue weighted by Gasteiger charge is -2.12. The number of para-hydroxylation sites is 1. The minimum absolute atomic E-state index is 0.262. The van der Waals surface area contributed by atoms with E-state index >= 15 is 0 Å². The number of carbonyl (C=O) groups excluding carboxylic acids is 1. The first-order chi connectivity index (χ1) is 14.7. The van der Waals surface area contributed by atoms with E-state index in [4.69, 9.17) is 13.9 Å². The van der Waals surface area contributed by atoms with Crippen molar-refractivity contribution in [1.29, 1.82) is 0 Å². The van der Waals surface area contributed by atoms with Crippen LogP contribution < -0.4 is 14.8 Å². The molecule has 0 saturated carbocycles. The van der Waals surface area contributed by atoms with Crippen molar-refractivity contribution in [2.45, 2.75) is 6.54 Å². The smallest absolute Gasteiger partial charge is 0.270 e. The first-order valence-electron chi connectivity index (χ1n) is 9.38. The molecule has 7 nitrogen and oxygen atoms in total. The average Bonchev–Trinajstić information content (AvgIpc) is 3.48. The summed E-state index contributed by atoms with van der Waals surface area (Å²) in [4.78, 5) is 13.0. The second kappa shape index (κ2) is 8.57. The van der Waals surface area contributed by atoms with Gasteiger partial charge in [0.05, 0.1) is 26.2 Å². The number of hydrogen-bond acceptors (Lipinski definition) is 5. The van der Waals surface area contributed by atoms with Gasteiger partial charge in [0.1, 0.15) is 22.9 Å². The zero-order chi connectivity index (χ0) is 20.9. The molecule has 2 heterocycles. The zero-order valence-corrected chi connectivity index (χ0v) is 16.7. The Kier molecular flexibility index (Phi) is 5.52. The Hall–Kier alpha value is -4.00. The second-order valence-corrected chi connectivity index (χ2v) is 6.50. The normalized spacial score (nSPS) is 10.6. The van der Waals surface area contributed by atoms with E-state index in [1.54, 1.807) is 43.4 Å². The number of ether oxygens (including phenoxy) is 2. The molecule has 0 radical (unpaired) electrons. The van der Waals surface area contributed by atoms with E-state index in [1.807, 2.05) is 48.5 Å². The van der Waals surface area contributed by atoms with Crippen molar-refractivity contribution >= 4 is 5.91 Å². The maximum absolute atomic E-state index is 13.0. The quantitative estimate of drug-likeness (QED) is 0.503. The summed E-state index contributed by atoms with van der Waals surface area (Å²) >= 11 is 0. The van der Waals surface area contributed by atoms with Crippen LogP contribution in [0.25, 0.3) is 17.1 Å². The first-order valence-corrected chi connectivity index (χ1v) is 9.38. The molecule has 2 aromatic heterocycles. The average molecular weight is 403 g/mol. The molecule has 0 spiro atoms. The number of nitrogens with one attached hydrogen (secondary N) is 1. The molecule has 0 saturated heterocycles. The Morgan fingerprint density at radius 3 is 2.57 bits per heavy atom. The van der Waals surface area contributed by atoms with Crippen molar-refractivity contribution in [1.82, 2.24) is 15.1 Å². The van der Waals surface area contributed by atoms with Crippen LogP contribution in [0.1, 0.15) is 16.1 Å². The molecule has 0 aliphatic rings.